The second-order valence-corrected chi connectivity index (χ2v) is 2.83. The lowest BCUT2D eigenvalue weighted by molar-refractivity contribution is -0.141. The SMILES string of the molecule is CCOC(=O)CC#Cc1ccc(C#N)nc1. The molecule has 0 atom stereocenters. The van der Waals surface area contributed by atoms with Crippen molar-refractivity contribution in [2.45, 2.75) is 13.3 Å². The Labute approximate surface area is 93.9 Å². The number of rotatable bonds is 2. The highest BCUT2D eigenvalue weighted by Crippen LogP contribution is 1.97. The molecular formula is C12H10N2O2. The van der Waals surface area contributed by atoms with Crippen molar-refractivity contribution in [1.82, 2.24) is 4.98 Å². The monoisotopic (exact) mass is 214 g/mol. The Morgan fingerprint density at radius 2 is 2.38 bits per heavy atom. The molecule has 0 unspecified atom stereocenters. The van der Waals surface area contributed by atoms with Crippen molar-refractivity contribution in [3.63, 3.8) is 0 Å². The number of nitrogens with zero attached hydrogens (tertiary/aromatic N) is 2. The second kappa shape index (κ2) is 6.21. The molecule has 0 aliphatic heterocycles. The van der Waals surface area contributed by atoms with Crippen LogP contribution in [0.1, 0.15) is 24.6 Å². The molecule has 1 rings (SSSR count). The van der Waals surface area contributed by atoms with Crippen molar-refractivity contribution in [1.29, 1.82) is 5.26 Å². The normalized spacial score (nSPS) is 8.50. The number of hydrogen-bond donors (Lipinski definition) is 0. The molecule has 4 heteroatoms. The Bertz CT molecular complexity index is 461. The summed E-state index contributed by atoms with van der Waals surface area (Å²) >= 11 is 0. The summed E-state index contributed by atoms with van der Waals surface area (Å²) in [5.41, 5.74) is 1.01. The van der Waals surface area contributed by atoms with Crippen LogP contribution < -0.4 is 0 Å². The Balaban J connectivity index is 2.57. The van der Waals surface area contributed by atoms with Crippen molar-refractivity contribution >= 4 is 5.97 Å². The summed E-state index contributed by atoms with van der Waals surface area (Å²) in [5, 5.41) is 8.53. The number of carbonyl (C=O) groups is 1. The number of ether oxygens (including phenoxy) is 1. The van der Waals surface area contributed by atoms with Gasteiger partial charge in [0.2, 0.25) is 0 Å². The zero-order valence-corrected chi connectivity index (χ0v) is 8.86. The molecule has 0 bridgehead atoms. The van der Waals surface area contributed by atoms with Gasteiger partial charge < -0.3 is 4.74 Å². The van der Waals surface area contributed by atoms with Gasteiger partial charge in [0, 0.05) is 11.8 Å². The zero-order chi connectivity index (χ0) is 11.8. The first-order valence-corrected chi connectivity index (χ1v) is 4.77. The summed E-state index contributed by atoms with van der Waals surface area (Å²) in [6.45, 7) is 2.11. The second-order valence-electron chi connectivity index (χ2n) is 2.83. The van der Waals surface area contributed by atoms with E-state index < -0.39 is 0 Å². The van der Waals surface area contributed by atoms with E-state index in [4.69, 9.17) is 10.00 Å². The molecule has 0 N–H and O–H groups in total. The third-order valence-corrected chi connectivity index (χ3v) is 1.65. The average molecular weight is 214 g/mol. The maximum Gasteiger partial charge on any atom is 0.317 e. The van der Waals surface area contributed by atoms with Gasteiger partial charge in [-0.3, -0.25) is 4.79 Å². The molecule has 0 saturated heterocycles. The first-order chi connectivity index (χ1) is 7.76. The number of hydrogen-bond acceptors (Lipinski definition) is 4. The van der Waals surface area contributed by atoms with E-state index in [1.165, 1.54) is 6.20 Å². The number of esters is 1. The first-order valence-electron chi connectivity index (χ1n) is 4.77. The van der Waals surface area contributed by atoms with Crippen molar-refractivity contribution in [3.05, 3.63) is 29.6 Å². The van der Waals surface area contributed by atoms with Crippen LogP contribution in [0, 0.1) is 23.2 Å². The number of pyridine rings is 1. The molecule has 0 spiro atoms. The number of nitriles is 1. The maximum absolute atomic E-state index is 11.0. The molecule has 1 aromatic heterocycles. The summed E-state index contributed by atoms with van der Waals surface area (Å²) < 4.78 is 4.72. The minimum absolute atomic E-state index is 0.0633. The number of aromatic nitrogens is 1. The van der Waals surface area contributed by atoms with Crippen LogP contribution in [0.3, 0.4) is 0 Å². The highest BCUT2D eigenvalue weighted by molar-refractivity contribution is 5.72. The highest BCUT2D eigenvalue weighted by atomic mass is 16.5. The molecular weight excluding hydrogens is 204 g/mol. The van der Waals surface area contributed by atoms with Crippen LogP contribution in [0.4, 0.5) is 0 Å². The van der Waals surface area contributed by atoms with E-state index in [1.807, 2.05) is 6.07 Å². The van der Waals surface area contributed by atoms with E-state index >= 15 is 0 Å². The average Bonchev–Trinajstić information content (AvgIpc) is 2.30. The molecule has 1 heterocycles. The summed E-state index contributed by atoms with van der Waals surface area (Å²) in [4.78, 5) is 14.8. The fourth-order valence-corrected chi connectivity index (χ4v) is 0.964. The minimum Gasteiger partial charge on any atom is -0.465 e. The Morgan fingerprint density at radius 3 is 2.94 bits per heavy atom. The van der Waals surface area contributed by atoms with E-state index in [0.29, 0.717) is 17.9 Å². The van der Waals surface area contributed by atoms with E-state index in [-0.39, 0.29) is 12.4 Å². The van der Waals surface area contributed by atoms with E-state index in [0.717, 1.165) is 0 Å². The summed E-state index contributed by atoms with van der Waals surface area (Å²) in [5.74, 6) is 5.10. The van der Waals surface area contributed by atoms with Gasteiger partial charge in [0.1, 0.15) is 18.2 Å². The molecule has 0 amide bonds. The quantitative estimate of drug-likeness (QED) is 0.549. The Kier molecular flexibility index (Phi) is 4.56. The van der Waals surface area contributed by atoms with Gasteiger partial charge >= 0.3 is 5.97 Å². The summed E-state index contributed by atoms with van der Waals surface area (Å²) in [6, 6.07) is 5.17. The molecule has 16 heavy (non-hydrogen) atoms. The fourth-order valence-electron chi connectivity index (χ4n) is 0.964. The van der Waals surface area contributed by atoms with Crippen LogP contribution in [-0.2, 0) is 9.53 Å². The third-order valence-electron chi connectivity index (χ3n) is 1.65. The topological polar surface area (TPSA) is 63.0 Å². The fraction of sp³-hybridized carbons (Fsp3) is 0.250. The van der Waals surface area contributed by atoms with Crippen molar-refractivity contribution in [3.8, 4) is 17.9 Å². The van der Waals surface area contributed by atoms with E-state index in [1.54, 1.807) is 19.1 Å². The number of carbonyl (C=O) groups excluding carboxylic acids is 1. The van der Waals surface area contributed by atoms with Crippen molar-refractivity contribution in [2.24, 2.45) is 0 Å². The lowest BCUT2D eigenvalue weighted by atomic mass is 10.2. The van der Waals surface area contributed by atoms with Crippen LogP contribution in [0.25, 0.3) is 0 Å². The van der Waals surface area contributed by atoms with Gasteiger partial charge in [0.15, 0.2) is 0 Å². The molecule has 0 fully saturated rings. The molecule has 1 aromatic rings. The van der Waals surface area contributed by atoms with Gasteiger partial charge in [-0.25, -0.2) is 4.98 Å². The standard InChI is InChI=1S/C12H10N2O2/c1-2-16-12(15)5-3-4-10-6-7-11(8-13)14-9-10/h6-7,9H,2,5H2,1H3. The summed E-state index contributed by atoms with van der Waals surface area (Å²) in [7, 11) is 0. The predicted molar refractivity (Wildman–Crippen MR) is 57.1 cm³/mol. The minimum atomic E-state index is -0.336. The third kappa shape index (κ3) is 3.81. The molecule has 0 aromatic carbocycles. The Hall–Kier alpha value is -2.33. The van der Waals surface area contributed by atoms with E-state index in [9.17, 15) is 4.79 Å². The van der Waals surface area contributed by atoms with Gasteiger partial charge in [-0.05, 0) is 19.1 Å². The molecule has 0 radical (unpaired) electrons. The van der Waals surface area contributed by atoms with Crippen molar-refractivity contribution < 1.29 is 9.53 Å². The smallest absolute Gasteiger partial charge is 0.317 e. The lowest BCUT2D eigenvalue weighted by Gasteiger charge is -1.94. The van der Waals surface area contributed by atoms with Gasteiger partial charge in [-0.15, -0.1) is 0 Å². The van der Waals surface area contributed by atoms with Crippen LogP contribution in [0.5, 0.6) is 0 Å². The molecule has 0 saturated carbocycles. The summed E-state index contributed by atoms with van der Waals surface area (Å²) in [6.07, 6.45) is 1.56. The largest absolute Gasteiger partial charge is 0.465 e. The first kappa shape index (κ1) is 11.7. The van der Waals surface area contributed by atoms with Gasteiger partial charge in [-0.2, -0.15) is 5.26 Å². The molecule has 0 aliphatic rings. The van der Waals surface area contributed by atoms with Gasteiger partial charge in [0.05, 0.1) is 6.61 Å². The predicted octanol–water partition coefficient (Wildman–Crippen LogP) is 1.26. The molecule has 0 aliphatic carbocycles. The van der Waals surface area contributed by atoms with Crippen LogP contribution >= 0.6 is 0 Å². The maximum atomic E-state index is 11.0. The highest BCUT2D eigenvalue weighted by Gasteiger charge is 1.96. The Morgan fingerprint density at radius 1 is 1.56 bits per heavy atom. The molecule has 80 valence electrons. The zero-order valence-electron chi connectivity index (χ0n) is 8.86. The van der Waals surface area contributed by atoms with Gasteiger partial charge in [-0.1, -0.05) is 11.8 Å². The van der Waals surface area contributed by atoms with E-state index in [2.05, 4.69) is 16.8 Å². The van der Waals surface area contributed by atoms with Crippen LogP contribution in [0.2, 0.25) is 0 Å². The van der Waals surface area contributed by atoms with Gasteiger partial charge in [0.25, 0.3) is 0 Å². The lowest BCUT2D eigenvalue weighted by Crippen LogP contribution is -2.01. The van der Waals surface area contributed by atoms with Crippen molar-refractivity contribution in [2.75, 3.05) is 6.61 Å². The van der Waals surface area contributed by atoms with Crippen LogP contribution in [0.15, 0.2) is 18.3 Å². The molecule has 4 nitrogen and oxygen atoms in total. The van der Waals surface area contributed by atoms with Crippen LogP contribution in [-0.4, -0.2) is 17.6 Å².